The molecule has 1 saturated heterocycles. The average molecular weight is 414 g/mol. The van der Waals surface area contributed by atoms with Gasteiger partial charge in [-0.25, -0.2) is 0 Å². The van der Waals surface area contributed by atoms with E-state index in [0.717, 1.165) is 41.0 Å². The SMILES string of the molecule is C[C@H](COc1nn(Cc2ccc(Cl)cc2)c2ccccc12)CN1CCC[C@H]1CO. The molecule has 4 rings (SSSR count). The minimum Gasteiger partial charge on any atom is -0.476 e. The molecule has 29 heavy (non-hydrogen) atoms. The molecule has 2 aromatic carbocycles. The van der Waals surface area contributed by atoms with Crippen molar-refractivity contribution in [1.82, 2.24) is 14.7 Å². The van der Waals surface area contributed by atoms with Crippen LogP contribution in [0.15, 0.2) is 48.5 Å². The molecule has 0 bridgehead atoms. The molecular weight excluding hydrogens is 386 g/mol. The fourth-order valence-electron chi connectivity index (χ4n) is 4.10. The van der Waals surface area contributed by atoms with E-state index in [1.165, 1.54) is 6.42 Å². The van der Waals surface area contributed by atoms with Crippen molar-refractivity contribution in [1.29, 1.82) is 0 Å². The Labute approximate surface area is 176 Å². The molecule has 154 valence electrons. The molecule has 0 spiro atoms. The highest BCUT2D eigenvalue weighted by Crippen LogP contribution is 2.26. The van der Waals surface area contributed by atoms with Crippen molar-refractivity contribution in [2.75, 3.05) is 26.3 Å². The first-order chi connectivity index (χ1) is 14.1. The van der Waals surface area contributed by atoms with Crippen LogP contribution in [-0.2, 0) is 6.54 Å². The first-order valence-corrected chi connectivity index (χ1v) is 10.7. The molecule has 0 saturated carbocycles. The molecule has 1 aliphatic rings. The zero-order valence-corrected chi connectivity index (χ0v) is 17.6. The van der Waals surface area contributed by atoms with Crippen molar-refractivity contribution in [3.63, 3.8) is 0 Å². The van der Waals surface area contributed by atoms with Crippen molar-refractivity contribution in [2.24, 2.45) is 5.92 Å². The lowest BCUT2D eigenvalue weighted by Crippen LogP contribution is -2.36. The summed E-state index contributed by atoms with van der Waals surface area (Å²) in [4.78, 5) is 2.38. The van der Waals surface area contributed by atoms with E-state index >= 15 is 0 Å². The van der Waals surface area contributed by atoms with Crippen LogP contribution in [0, 0.1) is 5.92 Å². The first-order valence-electron chi connectivity index (χ1n) is 10.3. The summed E-state index contributed by atoms with van der Waals surface area (Å²) in [5.74, 6) is 1.05. The Morgan fingerprint density at radius 3 is 2.79 bits per heavy atom. The summed E-state index contributed by atoms with van der Waals surface area (Å²) < 4.78 is 8.14. The summed E-state index contributed by atoms with van der Waals surface area (Å²) in [5.41, 5.74) is 2.21. The second kappa shape index (κ2) is 9.16. The Morgan fingerprint density at radius 1 is 1.21 bits per heavy atom. The zero-order valence-electron chi connectivity index (χ0n) is 16.8. The van der Waals surface area contributed by atoms with E-state index in [9.17, 15) is 5.11 Å². The van der Waals surface area contributed by atoms with Gasteiger partial charge in [0, 0.05) is 23.5 Å². The van der Waals surface area contributed by atoms with Crippen LogP contribution < -0.4 is 4.74 Å². The first kappa shape index (κ1) is 20.2. The number of hydrogen-bond donors (Lipinski definition) is 1. The van der Waals surface area contributed by atoms with Crippen LogP contribution in [0.2, 0.25) is 5.02 Å². The van der Waals surface area contributed by atoms with Crippen molar-refractivity contribution >= 4 is 22.5 Å². The Morgan fingerprint density at radius 2 is 2.00 bits per heavy atom. The van der Waals surface area contributed by atoms with Crippen molar-refractivity contribution < 1.29 is 9.84 Å². The minimum atomic E-state index is 0.243. The Hall–Kier alpha value is -2.08. The van der Waals surface area contributed by atoms with Crippen LogP contribution in [-0.4, -0.2) is 52.1 Å². The predicted octanol–water partition coefficient (Wildman–Crippen LogP) is 4.21. The third-order valence-electron chi connectivity index (χ3n) is 5.63. The van der Waals surface area contributed by atoms with Gasteiger partial charge in [-0.2, -0.15) is 0 Å². The van der Waals surface area contributed by atoms with Crippen molar-refractivity contribution in [2.45, 2.75) is 32.4 Å². The van der Waals surface area contributed by atoms with Gasteiger partial charge < -0.3 is 9.84 Å². The number of aliphatic hydroxyl groups is 1. The van der Waals surface area contributed by atoms with Crippen LogP contribution in [0.5, 0.6) is 5.88 Å². The summed E-state index contributed by atoms with van der Waals surface area (Å²) in [6.07, 6.45) is 2.25. The van der Waals surface area contributed by atoms with Gasteiger partial charge in [-0.3, -0.25) is 9.58 Å². The molecule has 0 unspecified atom stereocenters. The maximum Gasteiger partial charge on any atom is 0.240 e. The molecule has 2 atom stereocenters. The molecule has 0 radical (unpaired) electrons. The van der Waals surface area contributed by atoms with Gasteiger partial charge in [-0.15, -0.1) is 5.10 Å². The van der Waals surface area contributed by atoms with Crippen LogP contribution >= 0.6 is 11.6 Å². The second-order valence-electron chi connectivity index (χ2n) is 8.00. The Balaban J connectivity index is 1.45. The quantitative estimate of drug-likeness (QED) is 0.601. The number of ether oxygens (including phenoxy) is 1. The Bertz CT molecular complexity index is 941. The van der Waals surface area contributed by atoms with Crippen LogP contribution in [0.3, 0.4) is 0 Å². The highest BCUT2D eigenvalue weighted by Gasteiger charge is 2.25. The summed E-state index contributed by atoms with van der Waals surface area (Å²) in [6.45, 7) is 5.72. The predicted molar refractivity (Wildman–Crippen MR) is 117 cm³/mol. The molecule has 6 heteroatoms. The van der Waals surface area contributed by atoms with Crippen LogP contribution in [0.4, 0.5) is 0 Å². The molecule has 1 aliphatic heterocycles. The standard InChI is InChI=1S/C23H28ClN3O2/c1-17(13-26-12-4-5-20(26)15-28)16-29-23-21-6-2-3-7-22(21)27(25-23)14-18-8-10-19(24)11-9-18/h2-3,6-11,17,20,28H,4-5,12-16H2,1H3/t17-,20-/m0/s1. The topological polar surface area (TPSA) is 50.5 Å². The van der Waals surface area contributed by atoms with E-state index in [2.05, 4.69) is 24.0 Å². The normalized spacial score (nSPS) is 18.4. The number of para-hydroxylation sites is 1. The number of benzene rings is 2. The van der Waals surface area contributed by atoms with E-state index < -0.39 is 0 Å². The van der Waals surface area contributed by atoms with Gasteiger partial charge in [0.25, 0.3) is 0 Å². The van der Waals surface area contributed by atoms with E-state index in [0.29, 0.717) is 31.0 Å². The lowest BCUT2D eigenvalue weighted by Gasteiger charge is -2.25. The molecular formula is C23H28ClN3O2. The maximum absolute atomic E-state index is 9.52. The third-order valence-corrected chi connectivity index (χ3v) is 5.88. The number of aromatic nitrogens is 2. The number of likely N-dealkylation sites (tertiary alicyclic amines) is 1. The van der Waals surface area contributed by atoms with E-state index in [1.807, 2.05) is 41.1 Å². The molecule has 2 heterocycles. The summed E-state index contributed by atoms with van der Waals surface area (Å²) in [7, 11) is 0. The van der Waals surface area contributed by atoms with Gasteiger partial charge in [0.15, 0.2) is 0 Å². The molecule has 5 nitrogen and oxygen atoms in total. The summed E-state index contributed by atoms with van der Waals surface area (Å²) in [6, 6.07) is 16.3. The van der Waals surface area contributed by atoms with Crippen LogP contribution in [0.1, 0.15) is 25.3 Å². The average Bonchev–Trinajstić information content (AvgIpc) is 3.32. The van der Waals surface area contributed by atoms with Gasteiger partial charge in [0.05, 0.1) is 30.7 Å². The second-order valence-corrected chi connectivity index (χ2v) is 8.43. The molecule has 0 aliphatic carbocycles. The van der Waals surface area contributed by atoms with E-state index in [4.69, 9.17) is 21.4 Å². The zero-order chi connectivity index (χ0) is 20.2. The molecule has 3 aromatic rings. The van der Waals surface area contributed by atoms with Gasteiger partial charge >= 0.3 is 0 Å². The largest absolute Gasteiger partial charge is 0.476 e. The lowest BCUT2D eigenvalue weighted by atomic mass is 10.1. The minimum absolute atomic E-state index is 0.243. The third kappa shape index (κ3) is 4.74. The van der Waals surface area contributed by atoms with Gasteiger partial charge in [0.1, 0.15) is 0 Å². The van der Waals surface area contributed by atoms with Crippen LogP contribution in [0.25, 0.3) is 10.9 Å². The summed E-state index contributed by atoms with van der Waals surface area (Å²) in [5, 5.41) is 16.0. The number of nitrogens with zero attached hydrogens (tertiary/aromatic N) is 3. The van der Waals surface area contributed by atoms with Crippen molar-refractivity contribution in [3.8, 4) is 5.88 Å². The van der Waals surface area contributed by atoms with Crippen molar-refractivity contribution in [3.05, 3.63) is 59.1 Å². The monoisotopic (exact) mass is 413 g/mol. The summed E-state index contributed by atoms with van der Waals surface area (Å²) >= 11 is 6.00. The maximum atomic E-state index is 9.52. The Kier molecular flexibility index (Phi) is 6.38. The molecule has 1 fully saturated rings. The number of aliphatic hydroxyl groups excluding tert-OH is 1. The lowest BCUT2D eigenvalue weighted by molar-refractivity contribution is 0.128. The fraction of sp³-hybridized carbons (Fsp3) is 0.435. The number of fused-ring (bicyclic) bond motifs is 1. The molecule has 1 N–H and O–H groups in total. The number of rotatable bonds is 8. The number of halogens is 1. The highest BCUT2D eigenvalue weighted by molar-refractivity contribution is 6.30. The van der Waals surface area contributed by atoms with E-state index in [-0.39, 0.29) is 6.61 Å². The van der Waals surface area contributed by atoms with Gasteiger partial charge in [-0.05, 0) is 49.2 Å². The highest BCUT2D eigenvalue weighted by atomic mass is 35.5. The fourth-order valence-corrected chi connectivity index (χ4v) is 4.23. The number of hydrogen-bond acceptors (Lipinski definition) is 4. The molecule has 1 aromatic heterocycles. The molecule has 0 amide bonds. The van der Waals surface area contributed by atoms with Gasteiger partial charge in [0.2, 0.25) is 5.88 Å². The van der Waals surface area contributed by atoms with Gasteiger partial charge in [-0.1, -0.05) is 42.8 Å². The smallest absolute Gasteiger partial charge is 0.240 e. The van der Waals surface area contributed by atoms with E-state index in [1.54, 1.807) is 0 Å².